The van der Waals surface area contributed by atoms with Crippen molar-refractivity contribution in [3.63, 3.8) is 0 Å². The molecule has 1 saturated heterocycles. The largest absolute Gasteiger partial charge is 0.483 e. The van der Waals surface area contributed by atoms with Crippen molar-refractivity contribution in [2.45, 2.75) is 32.7 Å². The van der Waals surface area contributed by atoms with Gasteiger partial charge in [-0.2, -0.15) is 0 Å². The van der Waals surface area contributed by atoms with E-state index in [-0.39, 0.29) is 18.6 Å². The number of benzene rings is 1. The summed E-state index contributed by atoms with van der Waals surface area (Å²) < 4.78 is 5.70. The summed E-state index contributed by atoms with van der Waals surface area (Å²) in [7, 11) is 0. The molecule has 1 aromatic heterocycles. The van der Waals surface area contributed by atoms with Crippen LogP contribution in [0.3, 0.4) is 0 Å². The maximum absolute atomic E-state index is 12.3. The highest BCUT2D eigenvalue weighted by atomic mass is 32.1. The lowest BCUT2D eigenvalue weighted by Gasteiger charge is -2.26. The summed E-state index contributed by atoms with van der Waals surface area (Å²) in [6.45, 7) is 6.97. The summed E-state index contributed by atoms with van der Waals surface area (Å²) in [5.74, 6) is 0.714. The van der Waals surface area contributed by atoms with Crippen LogP contribution < -0.4 is 10.1 Å². The van der Waals surface area contributed by atoms with Gasteiger partial charge in [0.25, 0.3) is 5.91 Å². The molecule has 1 amide bonds. The molecule has 1 N–H and O–H groups in total. The molecule has 4 nitrogen and oxygen atoms in total. The molecular weight excluding hydrogens is 332 g/mol. The number of rotatable bonds is 7. The number of ether oxygens (including phenoxy) is 1. The standard InChI is InChI=1S/C20H26N2O2S/c1-15-7-5-8-18(16(15)2)24-14-20(23)21-13-17(19-9-6-12-25-19)22-10-3-4-11-22/h5-9,12,17H,3-4,10-11,13-14H2,1-2H3,(H,21,23)/t17-/m1/s1. The Hall–Kier alpha value is -1.85. The smallest absolute Gasteiger partial charge is 0.258 e. The second-order valence-corrected chi connectivity index (χ2v) is 7.54. The first kappa shape index (κ1) is 18.0. The Kier molecular flexibility index (Phi) is 6.10. The van der Waals surface area contributed by atoms with E-state index >= 15 is 0 Å². The zero-order valence-electron chi connectivity index (χ0n) is 15.0. The van der Waals surface area contributed by atoms with E-state index in [0.29, 0.717) is 6.54 Å². The summed E-state index contributed by atoms with van der Waals surface area (Å²) in [5, 5.41) is 5.15. The molecular formula is C20H26N2O2S. The highest BCUT2D eigenvalue weighted by molar-refractivity contribution is 7.10. The molecule has 2 heterocycles. The van der Waals surface area contributed by atoms with Crippen LogP contribution in [0.25, 0.3) is 0 Å². The quantitative estimate of drug-likeness (QED) is 0.821. The van der Waals surface area contributed by atoms with Gasteiger partial charge in [0.1, 0.15) is 5.75 Å². The van der Waals surface area contributed by atoms with Crippen LogP contribution >= 0.6 is 11.3 Å². The van der Waals surface area contributed by atoms with Gasteiger partial charge in [-0.05, 0) is 68.4 Å². The normalized spacial score (nSPS) is 15.9. The number of hydrogen-bond acceptors (Lipinski definition) is 4. The van der Waals surface area contributed by atoms with Crippen LogP contribution in [0.15, 0.2) is 35.7 Å². The molecule has 0 aliphatic carbocycles. The van der Waals surface area contributed by atoms with E-state index in [0.717, 1.165) is 24.4 Å². The lowest BCUT2D eigenvalue weighted by Crippen LogP contribution is -2.38. The molecule has 5 heteroatoms. The molecule has 0 bridgehead atoms. The maximum Gasteiger partial charge on any atom is 0.258 e. The fourth-order valence-corrected chi connectivity index (χ4v) is 4.09. The fraction of sp³-hybridized carbons (Fsp3) is 0.450. The van der Waals surface area contributed by atoms with Gasteiger partial charge >= 0.3 is 0 Å². The molecule has 0 radical (unpaired) electrons. The number of nitrogens with zero attached hydrogens (tertiary/aromatic N) is 1. The Balaban J connectivity index is 1.54. The number of hydrogen-bond donors (Lipinski definition) is 1. The fourth-order valence-electron chi connectivity index (χ4n) is 3.23. The predicted molar refractivity (Wildman–Crippen MR) is 102 cm³/mol. The van der Waals surface area contributed by atoms with E-state index in [4.69, 9.17) is 4.74 Å². The minimum Gasteiger partial charge on any atom is -0.483 e. The molecule has 1 atom stereocenters. The third-order valence-electron chi connectivity index (χ3n) is 4.86. The molecule has 2 aromatic rings. The second kappa shape index (κ2) is 8.50. The molecule has 1 aliphatic rings. The third-order valence-corrected chi connectivity index (χ3v) is 5.83. The van der Waals surface area contributed by atoms with Crippen molar-refractivity contribution < 1.29 is 9.53 Å². The minimum absolute atomic E-state index is 0.0570. The molecule has 0 spiro atoms. The zero-order chi connectivity index (χ0) is 17.6. The second-order valence-electron chi connectivity index (χ2n) is 6.57. The van der Waals surface area contributed by atoms with Crippen LogP contribution in [0.1, 0.15) is 34.9 Å². The lowest BCUT2D eigenvalue weighted by atomic mass is 10.1. The topological polar surface area (TPSA) is 41.6 Å². The van der Waals surface area contributed by atoms with E-state index in [1.54, 1.807) is 11.3 Å². The Bertz CT molecular complexity index is 694. The summed E-state index contributed by atoms with van der Waals surface area (Å²) in [6, 6.07) is 10.4. The van der Waals surface area contributed by atoms with Gasteiger partial charge < -0.3 is 10.1 Å². The van der Waals surface area contributed by atoms with Crippen molar-refractivity contribution >= 4 is 17.2 Å². The molecule has 1 aliphatic heterocycles. The van der Waals surface area contributed by atoms with E-state index in [2.05, 4.69) is 27.7 Å². The first-order valence-electron chi connectivity index (χ1n) is 8.88. The van der Waals surface area contributed by atoms with Crippen molar-refractivity contribution in [1.29, 1.82) is 0 Å². The molecule has 134 valence electrons. The SMILES string of the molecule is Cc1cccc(OCC(=O)NC[C@H](c2cccs2)N2CCCC2)c1C. The van der Waals surface area contributed by atoms with Gasteiger partial charge in [0.2, 0.25) is 0 Å². The maximum atomic E-state index is 12.3. The van der Waals surface area contributed by atoms with Crippen molar-refractivity contribution in [2.75, 3.05) is 26.2 Å². The highest BCUT2D eigenvalue weighted by Crippen LogP contribution is 2.27. The number of likely N-dealkylation sites (tertiary alicyclic amines) is 1. The minimum atomic E-state index is -0.0679. The van der Waals surface area contributed by atoms with Gasteiger partial charge in [-0.1, -0.05) is 18.2 Å². The van der Waals surface area contributed by atoms with E-state index < -0.39 is 0 Å². The Morgan fingerprint density at radius 3 is 2.76 bits per heavy atom. The first-order valence-corrected chi connectivity index (χ1v) is 9.76. The van der Waals surface area contributed by atoms with Crippen molar-refractivity contribution in [3.05, 3.63) is 51.7 Å². The van der Waals surface area contributed by atoms with Crippen molar-refractivity contribution in [3.8, 4) is 5.75 Å². The molecule has 3 rings (SSSR count). The van der Waals surface area contributed by atoms with E-state index in [1.165, 1.54) is 23.3 Å². The summed E-state index contributed by atoms with van der Waals surface area (Å²) in [6.07, 6.45) is 2.48. The Morgan fingerprint density at radius 1 is 1.24 bits per heavy atom. The van der Waals surface area contributed by atoms with Crippen molar-refractivity contribution in [1.82, 2.24) is 10.2 Å². The van der Waals surface area contributed by atoms with E-state index in [9.17, 15) is 4.79 Å². The molecule has 1 aromatic carbocycles. The zero-order valence-corrected chi connectivity index (χ0v) is 15.8. The number of aryl methyl sites for hydroxylation is 1. The van der Waals surface area contributed by atoms with Crippen LogP contribution in [0.5, 0.6) is 5.75 Å². The number of thiophene rings is 1. The van der Waals surface area contributed by atoms with Crippen LogP contribution in [0.2, 0.25) is 0 Å². The predicted octanol–water partition coefficient (Wildman–Crippen LogP) is 3.70. The van der Waals surface area contributed by atoms with Gasteiger partial charge in [0, 0.05) is 11.4 Å². The van der Waals surface area contributed by atoms with Crippen molar-refractivity contribution in [2.24, 2.45) is 0 Å². The molecule has 1 fully saturated rings. The summed E-state index contributed by atoms with van der Waals surface area (Å²) in [5.41, 5.74) is 2.26. The van der Waals surface area contributed by atoms with Gasteiger partial charge in [0.15, 0.2) is 6.61 Å². The monoisotopic (exact) mass is 358 g/mol. The third kappa shape index (κ3) is 4.61. The van der Waals surface area contributed by atoms with Crippen LogP contribution in [0.4, 0.5) is 0 Å². The average Bonchev–Trinajstić information content (AvgIpc) is 3.30. The van der Waals surface area contributed by atoms with Crippen LogP contribution in [-0.2, 0) is 4.79 Å². The van der Waals surface area contributed by atoms with Gasteiger partial charge in [-0.15, -0.1) is 11.3 Å². The highest BCUT2D eigenvalue weighted by Gasteiger charge is 2.24. The number of amides is 1. The Labute approximate surface area is 153 Å². The molecule has 0 unspecified atom stereocenters. The lowest BCUT2D eigenvalue weighted by molar-refractivity contribution is -0.123. The molecule has 25 heavy (non-hydrogen) atoms. The van der Waals surface area contributed by atoms with Gasteiger partial charge in [0.05, 0.1) is 6.04 Å². The van der Waals surface area contributed by atoms with Crippen LogP contribution in [0, 0.1) is 13.8 Å². The number of nitrogens with one attached hydrogen (secondary N) is 1. The van der Waals surface area contributed by atoms with Gasteiger partial charge in [-0.3, -0.25) is 9.69 Å². The average molecular weight is 359 g/mol. The molecule has 0 saturated carbocycles. The van der Waals surface area contributed by atoms with E-state index in [1.807, 2.05) is 32.0 Å². The first-order chi connectivity index (χ1) is 12.1. The number of carbonyl (C=O) groups excluding carboxylic acids is 1. The van der Waals surface area contributed by atoms with Crippen LogP contribution in [-0.4, -0.2) is 37.0 Å². The number of carbonyl (C=O) groups is 1. The van der Waals surface area contributed by atoms with Gasteiger partial charge in [-0.25, -0.2) is 0 Å². The summed E-state index contributed by atoms with van der Waals surface area (Å²) >= 11 is 1.76. The Morgan fingerprint density at radius 2 is 2.04 bits per heavy atom. The summed E-state index contributed by atoms with van der Waals surface area (Å²) in [4.78, 5) is 16.0.